The zero-order chi connectivity index (χ0) is 13.7. The highest BCUT2D eigenvalue weighted by molar-refractivity contribution is 7.99. The maximum absolute atomic E-state index is 12.0. The summed E-state index contributed by atoms with van der Waals surface area (Å²) in [5.41, 5.74) is 6.64. The molecule has 1 atom stereocenters. The molecule has 1 saturated heterocycles. The summed E-state index contributed by atoms with van der Waals surface area (Å²) in [6.07, 6.45) is 2.19. The Kier molecular flexibility index (Phi) is 4.68. The third-order valence-electron chi connectivity index (χ3n) is 3.05. The van der Waals surface area contributed by atoms with Crippen LogP contribution < -0.4 is 11.1 Å². The highest BCUT2D eigenvalue weighted by Gasteiger charge is 2.16. The fourth-order valence-corrected chi connectivity index (χ4v) is 3.05. The first-order valence-corrected chi connectivity index (χ1v) is 7.32. The lowest BCUT2D eigenvalue weighted by Crippen LogP contribution is -2.38. The van der Waals surface area contributed by atoms with Crippen molar-refractivity contribution in [1.82, 2.24) is 5.32 Å². The summed E-state index contributed by atoms with van der Waals surface area (Å²) >= 11 is 1.87. The van der Waals surface area contributed by atoms with Gasteiger partial charge in [0.2, 0.25) is 0 Å². The second-order valence-corrected chi connectivity index (χ2v) is 5.60. The number of nitrogens with zero attached hydrogens (tertiary/aromatic N) is 1. The van der Waals surface area contributed by atoms with Crippen LogP contribution in [0.2, 0.25) is 0 Å². The van der Waals surface area contributed by atoms with Gasteiger partial charge in [0.1, 0.15) is 0 Å². The van der Waals surface area contributed by atoms with Gasteiger partial charge in [0.15, 0.2) is 5.84 Å². The smallest absolute Gasteiger partial charge is 0.251 e. The van der Waals surface area contributed by atoms with E-state index >= 15 is 0 Å². The monoisotopic (exact) mass is 279 g/mol. The Balaban J connectivity index is 1.99. The van der Waals surface area contributed by atoms with E-state index in [0.29, 0.717) is 11.1 Å². The number of benzene rings is 1. The van der Waals surface area contributed by atoms with Crippen molar-refractivity contribution in [3.05, 3.63) is 35.4 Å². The number of rotatable bonds is 3. The average Bonchev–Trinajstić information content (AvgIpc) is 2.47. The second kappa shape index (κ2) is 6.47. The zero-order valence-corrected chi connectivity index (χ0v) is 11.3. The third kappa shape index (κ3) is 3.64. The van der Waals surface area contributed by atoms with Gasteiger partial charge in [-0.15, -0.1) is 0 Å². The molecular weight excluding hydrogens is 262 g/mol. The fourth-order valence-electron chi connectivity index (χ4n) is 1.97. The summed E-state index contributed by atoms with van der Waals surface area (Å²) in [4.78, 5) is 12.0. The van der Waals surface area contributed by atoms with E-state index in [1.165, 1.54) is 5.75 Å². The summed E-state index contributed by atoms with van der Waals surface area (Å²) in [5, 5.41) is 14.5. The molecule has 2 rings (SSSR count). The molecule has 0 saturated carbocycles. The summed E-state index contributed by atoms with van der Waals surface area (Å²) in [6.45, 7) is 0. The first-order chi connectivity index (χ1) is 9.20. The largest absolute Gasteiger partial charge is 0.409 e. The number of amides is 1. The predicted molar refractivity (Wildman–Crippen MR) is 76.8 cm³/mol. The number of oxime groups is 1. The van der Waals surface area contributed by atoms with Gasteiger partial charge >= 0.3 is 0 Å². The molecule has 19 heavy (non-hydrogen) atoms. The maximum atomic E-state index is 12.0. The van der Waals surface area contributed by atoms with Crippen molar-refractivity contribution in [2.45, 2.75) is 18.9 Å². The minimum absolute atomic E-state index is 0.0376. The van der Waals surface area contributed by atoms with Gasteiger partial charge in [0.05, 0.1) is 0 Å². The van der Waals surface area contributed by atoms with Crippen LogP contribution in [-0.2, 0) is 0 Å². The maximum Gasteiger partial charge on any atom is 0.251 e. The number of carbonyl (C=O) groups excluding carboxylic acids is 1. The number of thioether (sulfide) groups is 1. The van der Waals surface area contributed by atoms with Crippen molar-refractivity contribution in [2.75, 3.05) is 11.5 Å². The fraction of sp³-hybridized carbons (Fsp3) is 0.385. The van der Waals surface area contributed by atoms with Crippen molar-refractivity contribution in [3.63, 3.8) is 0 Å². The van der Waals surface area contributed by atoms with Crippen molar-refractivity contribution >= 4 is 23.5 Å². The van der Waals surface area contributed by atoms with Crippen molar-refractivity contribution in [3.8, 4) is 0 Å². The van der Waals surface area contributed by atoms with E-state index in [4.69, 9.17) is 10.9 Å². The van der Waals surface area contributed by atoms with Crippen LogP contribution in [-0.4, -0.2) is 34.5 Å². The molecule has 6 heteroatoms. The van der Waals surface area contributed by atoms with Crippen LogP contribution in [0.4, 0.5) is 0 Å². The number of nitrogens with two attached hydrogens (primary N) is 1. The van der Waals surface area contributed by atoms with Crippen LogP contribution in [0.5, 0.6) is 0 Å². The van der Waals surface area contributed by atoms with E-state index < -0.39 is 0 Å². The van der Waals surface area contributed by atoms with E-state index in [-0.39, 0.29) is 17.8 Å². The quantitative estimate of drug-likeness (QED) is 0.338. The van der Waals surface area contributed by atoms with Crippen molar-refractivity contribution in [1.29, 1.82) is 0 Å². The van der Waals surface area contributed by atoms with Gasteiger partial charge in [-0.25, -0.2) is 0 Å². The summed E-state index contributed by atoms with van der Waals surface area (Å²) in [5.74, 6) is 2.13. The Hall–Kier alpha value is -1.69. The molecule has 1 aliphatic rings. The van der Waals surface area contributed by atoms with Crippen LogP contribution in [0, 0.1) is 0 Å². The van der Waals surface area contributed by atoms with E-state index in [0.717, 1.165) is 18.6 Å². The van der Waals surface area contributed by atoms with Gasteiger partial charge in [-0.2, -0.15) is 11.8 Å². The minimum atomic E-state index is -0.0708. The van der Waals surface area contributed by atoms with Gasteiger partial charge in [-0.3, -0.25) is 4.79 Å². The lowest BCUT2D eigenvalue weighted by atomic mass is 10.1. The second-order valence-electron chi connectivity index (χ2n) is 4.45. The molecular formula is C13H17N3O2S. The molecule has 1 amide bonds. The molecule has 5 nitrogen and oxygen atoms in total. The van der Waals surface area contributed by atoms with Gasteiger partial charge in [0.25, 0.3) is 5.91 Å². The Labute approximate surface area is 116 Å². The molecule has 0 spiro atoms. The molecule has 1 unspecified atom stereocenters. The lowest BCUT2D eigenvalue weighted by molar-refractivity contribution is 0.0938. The zero-order valence-electron chi connectivity index (χ0n) is 10.5. The molecule has 0 bridgehead atoms. The Morgan fingerprint density at radius 1 is 1.37 bits per heavy atom. The highest BCUT2D eigenvalue weighted by Crippen LogP contribution is 2.17. The van der Waals surface area contributed by atoms with Gasteiger partial charge in [-0.1, -0.05) is 17.3 Å². The molecule has 1 aliphatic heterocycles. The Morgan fingerprint density at radius 2 is 2.05 bits per heavy atom. The normalized spacial score (nSPS) is 20.0. The molecule has 1 aromatic carbocycles. The van der Waals surface area contributed by atoms with E-state index in [1.54, 1.807) is 24.3 Å². The molecule has 1 heterocycles. The minimum Gasteiger partial charge on any atom is -0.409 e. The molecule has 102 valence electrons. The molecule has 1 aromatic rings. The van der Waals surface area contributed by atoms with E-state index in [1.807, 2.05) is 11.8 Å². The van der Waals surface area contributed by atoms with Gasteiger partial charge in [0, 0.05) is 22.9 Å². The number of hydrogen-bond donors (Lipinski definition) is 3. The summed E-state index contributed by atoms with van der Waals surface area (Å²) in [6, 6.07) is 6.95. The van der Waals surface area contributed by atoms with Gasteiger partial charge in [-0.05, 0) is 30.7 Å². The predicted octanol–water partition coefficient (Wildman–Crippen LogP) is 1.41. The first kappa shape index (κ1) is 13.7. The number of carbonyl (C=O) groups is 1. The van der Waals surface area contributed by atoms with Crippen LogP contribution >= 0.6 is 11.8 Å². The molecule has 0 radical (unpaired) electrons. The number of nitrogens with one attached hydrogen (secondary N) is 1. The van der Waals surface area contributed by atoms with E-state index in [2.05, 4.69) is 10.5 Å². The van der Waals surface area contributed by atoms with Crippen LogP contribution in [0.15, 0.2) is 29.4 Å². The lowest BCUT2D eigenvalue weighted by Gasteiger charge is -2.22. The standard InChI is InChI=1S/C13H17N3O2S/c14-12(16-18)9-3-5-10(6-4-9)13(17)15-11-2-1-7-19-8-11/h3-6,11,18H,1-2,7-8H2,(H2,14,16)(H,15,17). The molecule has 0 aromatic heterocycles. The van der Waals surface area contributed by atoms with Crippen molar-refractivity contribution in [2.24, 2.45) is 10.9 Å². The Bertz CT molecular complexity index is 467. The molecule has 1 fully saturated rings. The third-order valence-corrected chi connectivity index (χ3v) is 4.26. The summed E-state index contributed by atoms with van der Waals surface area (Å²) < 4.78 is 0. The SMILES string of the molecule is N/C(=N/O)c1ccc(C(=O)NC2CCCSC2)cc1. The van der Waals surface area contributed by atoms with Crippen molar-refractivity contribution < 1.29 is 10.0 Å². The van der Waals surface area contributed by atoms with Gasteiger partial charge < -0.3 is 16.3 Å². The molecule has 0 aliphatic carbocycles. The molecule has 4 N–H and O–H groups in total. The number of amidine groups is 1. The Morgan fingerprint density at radius 3 is 2.63 bits per heavy atom. The topological polar surface area (TPSA) is 87.7 Å². The van der Waals surface area contributed by atoms with Crippen LogP contribution in [0.1, 0.15) is 28.8 Å². The van der Waals surface area contributed by atoms with Crippen LogP contribution in [0.25, 0.3) is 0 Å². The summed E-state index contributed by atoms with van der Waals surface area (Å²) in [7, 11) is 0. The van der Waals surface area contributed by atoms with E-state index in [9.17, 15) is 4.79 Å². The highest BCUT2D eigenvalue weighted by atomic mass is 32.2. The average molecular weight is 279 g/mol. The van der Waals surface area contributed by atoms with Crippen LogP contribution in [0.3, 0.4) is 0 Å². The first-order valence-electron chi connectivity index (χ1n) is 6.17. The number of hydrogen-bond acceptors (Lipinski definition) is 4.